The Kier molecular flexibility index (Phi) is 5.08. The topological polar surface area (TPSA) is 49.3 Å². The van der Waals surface area contributed by atoms with Gasteiger partial charge in [0.1, 0.15) is 0 Å². The van der Waals surface area contributed by atoms with Crippen molar-refractivity contribution in [1.29, 1.82) is 0 Å². The Hall–Kier alpha value is -2.43. The smallest absolute Gasteiger partial charge is 0.274 e. The van der Waals surface area contributed by atoms with Gasteiger partial charge in [-0.25, -0.2) is 0 Å². The van der Waals surface area contributed by atoms with Gasteiger partial charge in [-0.3, -0.25) is 4.79 Å². The van der Waals surface area contributed by atoms with Crippen LogP contribution in [0, 0.1) is 5.92 Å². The van der Waals surface area contributed by atoms with Gasteiger partial charge < -0.3 is 9.80 Å². The molecule has 0 bridgehead atoms. The fraction of sp³-hybridized carbons (Fsp3) is 0.421. The van der Waals surface area contributed by atoms with Crippen LogP contribution >= 0.6 is 0 Å². The average molecular weight is 324 g/mol. The van der Waals surface area contributed by atoms with Crippen LogP contribution in [0.25, 0.3) is 0 Å². The van der Waals surface area contributed by atoms with Gasteiger partial charge in [0.2, 0.25) is 0 Å². The van der Waals surface area contributed by atoms with Gasteiger partial charge in [0.25, 0.3) is 5.91 Å². The third kappa shape index (κ3) is 3.91. The Balaban J connectivity index is 1.63. The first-order chi connectivity index (χ1) is 11.6. The van der Waals surface area contributed by atoms with Gasteiger partial charge in [0.15, 0.2) is 11.5 Å². The minimum atomic E-state index is -0.106. The molecule has 0 aliphatic carbocycles. The predicted molar refractivity (Wildman–Crippen MR) is 94.9 cm³/mol. The molecule has 2 aromatic rings. The molecule has 0 N–H and O–H groups in total. The first-order valence-corrected chi connectivity index (χ1v) is 8.51. The zero-order valence-electron chi connectivity index (χ0n) is 14.4. The Labute approximate surface area is 143 Å². The van der Waals surface area contributed by atoms with E-state index in [1.54, 1.807) is 18.0 Å². The molecule has 0 unspecified atom stereocenters. The second kappa shape index (κ2) is 7.43. The maximum atomic E-state index is 12.5. The minimum Gasteiger partial charge on any atom is -0.355 e. The van der Waals surface area contributed by atoms with E-state index in [1.807, 2.05) is 36.4 Å². The van der Waals surface area contributed by atoms with E-state index in [1.165, 1.54) is 12.8 Å². The van der Waals surface area contributed by atoms with Crippen LogP contribution in [-0.4, -0.2) is 41.1 Å². The van der Waals surface area contributed by atoms with Crippen molar-refractivity contribution in [3.63, 3.8) is 0 Å². The van der Waals surface area contributed by atoms with E-state index in [2.05, 4.69) is 22.0 Å². The van der Waals surface area contributed by atoms with Gasteiger partial charge >= 0.3 is 0 Å². The number of hydrogen-bond acceptors (Lipinski definition) is 4. The van der Waals surface area contributed by atoms with Crippen LogP contribution in [0.1, 0.15) is 35.8 Å². The molecule has 1 aromatic heterocycles. The molecule has 5 heteroatoms. The van der Waals surface area contributed by atoms with Crippen LogP contribution in [0.3, 0.4) is 0 Å². The summed E-state index contributed by atoms with van der Waals surface area (Å²) in [5.41, 5.74) is 1.49. The Bertz CT molecular complexity index is 664. The molecule has 126 valence electrons. The molecule has 1 aliphatic rings. The quantitative estimate of drug-likeness (QED) is 0.867. The number of carbonyl (C=O) groups is 1. The molecule has 1 saturated heterocycles. The number of carbonyl (C=O) groups excluding carboxylic acids is 1. The van der Waals surface area contributed by atoms with Crippen molar-refractivity contribution in [2.75, 3.05) is 25.0 Å². The van der Waals surface area contributed by atoms with Crippen molar-refractivity contribution in [2.45, 2.75) is 26.3 Å². The molecular formula is C19H24N4O. The predicted octanol–water partition coefficient (Wildman–Crippen LogP) is 2.99. The van der Waals surface area contributed by atoms with E-state index in [0.29, 0.717) is 12.2 Å². The summed E-state index contributed by atoms with van der Waals surface area (Å²) in [7, 11) is 1.79. The first-order valence-electron chi connectivity index (χ1n) is 8.51. The van der Waals surface area contributed by atoms with Crippen molar-refractivity contribution in [2.24, 2.45) is 5.92 Å². The summed E-state index contributed by atoms with van der Waals surface area (Å²) in [6.45, 7) is 4.87. The Morgan fingerprint density at radius 2 is 1.83 bits per heavy atom. The number of aromatic nitrogens is 2. The lowest BCUT2D eigenvalue weighted by Crippen LogP contribution is -2.34. The highest BCUT2D eigenvalue weighted by molar-refractivity contribution is 5.92. The summed E-state index contributed by atoms with van der Waals surface area (Å²) in [6, 6.07) is 13.6. The molecule has 0 spiro atoms. The normalized spacial score (nSPS) is 15.3. The molecule has 1 aromatic carbocycles. The van der Waals surface area contributed by atoms with E-state index < -0.39 is 0 Å². The zero-order valence-corrected chi connectivity index (χ0v) is 14.4. The summed E-state index contributed by atoms with van der Waals surface area (Å²) < 4.78 is 0. The highest BCUT2D eigenvalue weighted by Crippen LogP contribution is 2.20. The van der Waals surface area contributed by atoms with Crippen LogP contribution in [0.15, 0.2) is 42.5 Å². The lowest BCUT2D eigenvalue weighted by molar-refractivity contribution is 0.0778. The van der Waals surface area contributed by atoms with Crippen LogP contribution in [0.5, 0.6) is 0 Å². The second-order valence-corrected chi connectivity index (χ2v) is 6.59. The zero-order chi connectivity index (χ0) is 16.9. The third-order valence-corrected chi connectivity index (χ3v) is 4.59. The van der Waals surface area contributed by atoms with Crippen molar-refractivity contribution in [3.05, 3.63) is 53.7 Å². The maximum absolute atomic E-state index is 12.5. The van der Waals surface area contributed by atoms with Gasteiger partial charge in [-0.1, -0.05) is 37.3 Å². The summed E-state index contributed by atoms with van der Waals surface area (Å²) >= 11 is 0. The molecule has 1 fully saturated rings. The van der Waals surface area contributed by atoms with Crippen LogP contribution < -0.4 is 4.90 Å². The Morgan fingerprint density at radius 3 is 2.46 bits per heavy atom. The van der Waals surface area contributed by atoms with Crippen molar-refractivity contribution < 1.29 is 4.79 Å². The van der Waals surface area contributed by atoms with Crippen molar-refractivity contribution in [3.8, 4) is 0 Å². The molecule has 2 heterocycles. The highest BCUT2D eigenvalue weighted by Gasteiger charge is 2.19. The van der Waals surface area contributed by atoms with Gasteiger partial charge in [-0.15, -0.1) is 10.2 Å². The van der Waals surface area contributed by atoms with E-state index in [4.69, 9.17) is 0 Å². The monoisotopic (exact) mass is 324 g/mol. The summed E-state index contributed by atoms with van der Waals surface area (Å²) in [5.74, 6) is 1.54. The first kappa shape index (κ1) is 16.4. The molecule has 0 saturated carbocycles. The lowest BCUT2D eigenvalue weighted by Gasteiger charge is -2.30. The molecule has 1 aliphatic heterocycles. The molecule has 5 nitrogen and oxygen atoms in total. The summed E-state index contributed by atoms with van der Waals surface area (Å²) in [5, 5.41) is 8.42. The molecule has 0 radical (unpaired) electrons. The van der Waals surface area contributed by atoms with Crippen molar-refractivity contribution >= 4 is 11.7 Å². The van der Waals surface area contributed by atoms with Gasteiger partial charge in [0.05, 0.1) is 0 Å². The molecule has 24 heavy (non-hydrogen) atoms. The van der Waals surface area contributed by atoms with Crippen molar-refractivity contribution in [1.82, 2.24) is 15.1 Å². The molecule has 1 amide bonds. The lowest BCUT2D eigenvalue weighted by atomic mass is 9.99. The molecule has 0 atom stereocenters. The van der Waals surface area contributed by atoms with E-state index in [9.17, 15) is 4.79 Å². The average Bonchev–Trinajstić information content (AvgIpc) is 2.63. The Morgan fingerprint density at radius 1 is 1.12 bits per heavy atom. The number of amides is 1. The minimum absolute atomic E-state index is 0.106. The third-order valence-electron chi connectivity index (χ3n) is 4.59. The summed E-state index contributed by atoms with van der Waals surface area (Å²) in [6.07, 6.45) is 2.37. The number of rotatable bonds is 4. The number of anilines is 1. The fourth-order valence-corrected chi connectivity index (χ4v) is 2.97. The summed E-state index contributed by atoms with van der Waals surface area (Å²) in [4.78, 5) is 16.4. The number of piperidine rings is 1. The number of nitrogens with zero attached hydrogens (tertiary/aromatic N) is 4. The number of hydrogen-bond donors (Lipinski definition) is 0. The van der Waals surface area contributed by atoms with E-state index >= 15 is 0 Å². The second-order valence-electron chi connectivity index (χ2n) is 6.59. The number of benzene rings is 1. The maximum Gasteiger partial charge on any atom is 0.274 e. The van der Waals surface area contributed by atoms with Crippen LogP contribution in [0.4, 0.5) is 5.82 Å². The standard InChI is InChI=1S/C19H24N4O/c1-15-10-12-23(13-11-15)18-9-8-17(20-21-18)19(24)22(2)14-16-6-4-3-5-7-16/h3-9,15H,10-14H2,1-2H3. The van der Waals surface area contributed by atoms with E-state index in [0.717, 1.165) is 30.4 Å². The SMILES string of the molecule is CC1CCN(c2ccc(C(=O)N(C)Cc3ccccc3)nn2)CC1. The molecular weight excluding hydrogens is 300 g/mol. The van der Waals surface area contributed by atoms with Gasteiger partial charge in [-0.05, 0) is 36.5 Å². The molecule has 3 rings (SSSR count). The van der Waals surface area contributed by atoms with Crippen LogP contribution in [0.2, 0.25) is 0 Å². The van der Waals surface area contributed by atoms with Gasteiger partial charge in [0, 0.05) is 26.7 Å². The highest BCUT2D eigenvalue weighted by atomic mass is 16.2. The fourth-order valence-electron chi connectivity index (χ4n) is 2.97. The van der Waals surface area contributed by atoms with Gasteiger partial charge in [-0.2, -0.15) is 0 Å². The van der Waals surface area contributed by atoms with Crippen LogP contribution in [-0.2, 0) is 6.54 Å². The van der Waals surface area contributed by atoms with E-state index in [-0.39, 0.29) is 5.91 Å². The largest absolute Gasteiger partial charge is 0.355 e.